The number of urea groups is 1. The third-order valence-electron chi connectivity index (χ3n) is 3.47. The van der Waals surface area contributed by atoms with E-state index in [1.165, 1.54) is 29.6 Å². The molecule has 1 aromatic rings. The quantitative estimate of drug-likeness (QED) is 0.774. The van der Waals surface area contributed by atoms with Crippen molar-refractivity contribution in [2.24, 2.45) is 5.92 Å². The van der Waals surface area contributed by atoms with Crippen LogP contribution in [0.1, 0.15) is 18.5 Å². The molecule has 0 saturated carbocycles. The average Bonchev–Trinajstić information content (AvgIpc) is 2.36. The summed E-state index contributed by atoms with van der Waals surface area (Å²) < 4.78 is 39.6. The molecule has 2 amide bonds. The predicted octanol–water partition coefficient (Wildman–Crippen LogP) is 2.15. The van der Waals surface area contributed by atoms with E-state index in [0.29, 0.717) is 5.02 Å². The maximum Gasteiger partial charge on any atom is 0.437 e. The van der Waals surface area contributed by atoms with Crippen molar-refractivity contribution in [3.63, 3.8) is 0 Å². The number of amides is 2. The Morgan fingerprint density at radius 1 is 1.32 bits per heavy atom. The molecule has 1 aliphatic heterocycles. The number of halogens is 4. The zero-order chi connectivity index (χ0) is 16.7. The number of Topliss-reactive ketones (excluding diaryl/α,β-unsaturated/α-hetero) is 1. The molecule has 0 aromatic heterocycles. The van der Waals surface area contributed by atoms with E-state index < -0.39 is 35.7 Å². The lowest BCUT2D eigenvalue weighted by molar-refractivity contribution is -0.290. The lowest BCUT2D eigenvalue weighted by atomic mass is 9.79. The molecule has 2 rings (SSSR count). The highest BCUT2D eigenvalue weighted by Gasteiger charge is 2.65. The molecule has 22 heavy (non-hydrogen) atoms. The highest BCUT2D eigenvalue weighted by atomic mass is 35.5. The molecule has 1 heterocycles. The average molecular weight is 337 g/mol. The fourth-order valence-corrected chi connectivity index (χ4v) is 2.60. The Morgan fingerprint density at radius 2 is 1.86 bits per heavy atom. The molecule has 120 valence electrons. The van der Waals surface area contributed by atoms with E-state index in [1.807, 2.05) is 0 Å². The van der Waals surface area contributed by atoms with Crippen molar-refractivity contribution >= 4 is 23.4 Å². The van der Waals surface area contributed by atoms with Gasteiger partial charge in [-0.25, -0.2) is 4.79 Å². The van der Waals surface area contributed by atoms with Crippen molar-refractivity contribution in [1.82, 2.24) is 10.6 Å². The second-order valence-electron chi connectivity index (χ2n) is 4.98. The minimum atomic E-state index is -5.22. The fraction of sp³-hybridized carbons (Fsp3) is 0.385. The first-order valence-electron chi connectivity index (χ1n) is 6.20. The number of alkyl halides is 3. The van der Waals surface area contributed by atoms with Gasteiger partial charge in [0.15, 0.2) is 0 Å². The van der Waals surface area contributed by atoms with Crippen molar-refractivity contribution in [1.29, 1.82) is 0 Å². The van der Waals surface area contributed by atoms with Crippen LogP contribution in [0.4, 0.5) is 18.0 Å². The summed E-state index contributed by atoms with van der Waals surface area (Å²) in [6.07, 6.45) is -5.22. The number of rotatable bonds is 2. The van der Waals surface area contributed by atoms with Crippen molar-refractivity contribution < 1.29 is 27.9 Å². The van der Waals surface area contributed by atoms with Crippen molar-refractivity contribution in [3.05, 3.63) is 34.9 Å². The van der Waals surface area contributed by atoms with E-state index in [0.717, 1.165) is 6.92 Å². The molecule has 5 nitrogen and oxygen atoms in total. The van der Waals surface area contributed by atoms with Gasteiger partial charge in [-0.05, 0) is 24.6 Å². The monoisotopic (exact) mass is 336 g/mol. The molecule has 3 N–H and O–H groups in total. The molecule has 0 bridgehead atoms. The molecule has 1 aliphatic rings. The van der Waals surface area contributed by atoms with Gasteiger partial charge >= 0.3 is 12.2 Å². The summed E-state index contributed by atoms with van der Waals surface area (Å²) in [7, 11) is 0. The molecular formula is C13H12ClF3N2O3. The standard InChI is InChI=1S/C13H12ClF3N2O3/c1-6(20)9-10(7-2-4-8(14)5-3-7)18-11(21)19-12(9,22)13(15,16)17/h2-5,9-10,22H,1H3,(H2,18,19,21)/t9-,10+,12-/m1/s1. The molecule has 3 atom stereocenters. The number of carbonyl (C=O) groups is 2. The van der Waals surface area contributed by atoms with Crippen LogP contribution in [0.3, 0.4) is 0 Å². The van der Waals surface area contributed by atoms with E-state index in [2.05, 4.69) is 5.32 Å². The van der Waals surface area contributed by atoms with Gasteiger partial charge in [0.1, 0.15) is 5.78 Å². The predicted molar refractivity (Wildman–Crippen MR) is 71.0 cm³/mol. The van der Waals surface area contributed by atoms with E-state index in [4.69, 9.17) is 11.6 Å². The van der Waals surface area contributed by atoms with Crippen LogP contribution in [-0.2, 0) is 4.79 Å². The van der Waals surface area contributed by atoms with Crippen LogP contribution in [-0.4, -0.2) is 28.8 Å². The van der Waals surface area contributed by atoms with Gasteiger partial charge in [-0.15, -0.1) is 0 Å². The topological polar surface area (TPSA) is 78.4 Å². The number of ketones is 1. The van der Waals surface area contributed by atoms with E-state index in [9.17, 15) is 27.9 Å². The van der Waals surface area contributed by atoms with Gasteiger partial charge in [-0.2, -0.15) is 13.2 Å². The Labute approximate surface area is 128 Å². The Hall–Kier alpha value is -1.80. The fourth-order valence-electron chi connectivity index (χ4n) is 2.47. The summed E-state index contributed by atoms with van der Waals surface area (Å²) in [6, 6.07) is 3.02. The van der Waals surface area contributed by atoms with Crippen LogP contribution in [0.15, 0.2) is 24.3 Å². The first-order chi connectivity index (χ1) is 10.1. The lowest BCUT2D eigenvalue weighted by Gasteiger charge is -2.44. The normalized spacial score (nSPS) is 28.7. The Bertz CT molecular complexity index is 606. The SMILES string of the molecule is CC(=O)[C@@H]1[C@H](c2ccc(Cl)cc2)NC(=O)N[C@]1(O)C(F)(F)F. The summed E-state index contributed by atoms with van der Waals surface area (Å²) in [5.74, 6) is -2.86. The first kappa shape index (κ1) is 16.6. The second-order valence-corrected chi connectivity index (χ2v) is 5.42. The largest absolute Gasteiger partial charge is 0.437 e. The number of carbonyl (C=O) groups excluding carboxylic acids is 2. The summed E-state index contributed by atoms with van der Waals surface area (Å²) in [6.45, 7) is 0.920. The number of hydrogen-bond donors (Lipinski definition) is 3. The van der Waals surface area contributed by atoms with Gasteiger partial charge in [-0.1, -0.05) is 23.7 Å². The maximum absolute atomic E-state index is 13.2. The summed E-state index contributed by atoms with van der Waals surface area (Å²) in [5, 5.41) is 13.9. The highest BCUT2D eigenvalue weighted by molar-refractivity contribution is 6.30. The first-order valence-corrected chi connectivity index (χ1v) is 6.58. The molecule has 0 aliphatic carbocycles. The lowest BCUT2D eigenvalue weighted by Crippen LogP contribution is -2.72. The molecule has 1 saturated heterocycles. The van der Waals surface area contributed by atoms with E-state index in [-0.39, 0.29) is 5.56 Å². The van der Waals surface area contributed by atoms with Crippen LogP contribution < -0.4 is 10.6 Å². The van der Waals surface area contributed by atoms with Crippen LogP contribution in [0.25, 0.3) is 0 Å². The Balaban J connectivity index is 2.54. The summed E-state index contributed by atoms with van der Waals surface area (Å²) >= 11 is 5.71. The molecule has 0 unspecified atom stereocenters. The minimum absolute atomic E-state index is 0.224. The number of hydrogen-bond acceptors (Lipinski definition) is 3. The van der Waals surface area contributed by atoms with Crippen LogP contribution in [0.2, 0.25) is 5.02 Å². The molecular weight excluding hydrogens is 325 g/mol. The van der Waals surface area contributed by atoms with Gasteiger partial charge in [-0.3, -0.25) is 4.79 Å². The van der Waals surface area contributed by atoms with Crippen molar-refractivity contribution in [2.45, 2.75) is 24.9 Å². The van der Waals surface area contributed by atoms with Crippen LogP contribution in [0.5, 0.6) is 0 Å². The zero-order valence-corrected chi connectivity index (χ0v) is 12.0. The minimum Gasteiger partial charge on any atom is -0.363 e. The molecule has 0 spiro atoms. The highest BCUT2D eigenvalue weighted by Crippen LogP contribution is 2.42. The van der Waals surface area contributed by atoms with Gasteiger partial charge in [0.25, 0.3) is 0 Å². The van der Waals surface area contributed by atoms with Crippen molar-refractivity contribution in [3.8, 4) is 0 Å². The molecule has 0 radical (unpaired) electrons. The van der Waals surface area contributed by atoms with E-state index >= 15 is 0 Å². The number of aliphatic hydroxyl groups is 1. The second kappa shape index (κ2) is 5.44. The van der Waals surface area contributed by atoms with Gasteiger partial charge in [0, 0.05) is 5.02 Å². The van der Waals surface area contributed by atoms with Gasteiger partial charge in [0.05, 0.1) is 12.0 Å². The maximum atomic E-state index is 13.2. The smallest absolute Gasteiger partial charge is 0.363 e. The Kier molecular flexibility index (Phi) is 4.09. The third kappa shape index (κ3) is 2.76. The van der Waals surface area contributed by atoms with Crippen LogP contribution in [0, 0.1) is 5.92 Å². The molecule has 1 aromatic carbocycles. The number of nitrogens with one attached hydrogen (secondary N) is 2. The van der Waals surface area contributed by atoms with Crippen molar-refractivity contribution in [2.75, 3.05) is 0 Å². The van der Waals surface area contributed by atoms with Gasteiger partial charge < -0.3 is 15.7 Å². The van der Waals surface area contributed by atoms with Crippen LogP contribution >= 0.6 is 11.6 Å². The number of benzene rings is 1. The van der Waals surface area contributed by atoms with Gasteiger partial charge in [0.2, 0.25) is 5.72 Å². The molecule has 1 fully saturated rings. The zero-order valence-electron chi connectivity index (χ0n) is 11.2. The Morgan fingerprint density at radius 3 is 2.32 bits per heavy atom. The molecule has 9 heteroatoms. The third-order valence-corrected chi connectivity index (χ3v) is 3.73. The van der Waals surface area contributed by atoms with E-state index in [1.54, 1.807) is 0 Å². The summed E-state index contributed by atoms with van der Waals surface area (Å²) in [5.41, 5.74) is -3.42. The summed E-state index contributed by atoms with van der Waals surface area (Å²) in [4.78, 5) is 23.3.